The van der Waals surface area contributed by atoms with Crippen molar-refractivity contribution in [1.29, 1.82) is 0 Å². The fourth-order valence-corrected chi connectivity index (χ4v) is 3.37. The zero-order valence-corrected chi connectivity index (χ0v) is 13.8. The lowest BCUT2D eigenvalue weighted by Gasteiger charge is -2.08. The highest BCUT2D eigenvalue weighted by Gasteiger charge is 2.08. The minimum Gasteiger partial charge on any atom is -0.326 e. The molecule has 116 valence electrons. The van der Waals surface area contributed by atoms with Gasteiger partial charge in [0.25, 0.3) is 0 Å². The number of nitrogens with one attached hydrogen (secondary N) is 1. The smallest absolute Gasteiger partial charge is 0.225 e. The van der Waals surface area contributed by atoms with Crippen LogP contribution < -0.4 is 5.32 Å². The molecule has 0 aliphatic carbocycles. The van der Waals surface area contributed by atoms with Gasteiger partial charge in [-0.2, -0.15) is 0 Å². The molecule has 0 aliphatic heterocycles. The van der Waals surface area contributed by atoms with Crippen LogP contribution in [0.15, 0.2) is 48.5 Å². The minimum absolute atomic E-state index is 0.0967. The van der Waals surface area contributed by atoms with Crippen LogP contribution in [0.5, 0.6) is 0 Å². The fraction of sp³-hybridized carbons (Fsp3) is 0.278. The quantitative estimate of drug-likeness (QED) is 0.885. The van der Waals surface area contributed by atoms with Crippen LogP contribution in [0.2, 0.25) is 0 Å². The first-order valence-corrected chi connectivity index (χ1v) is 8.79. The summed E-state index contributed by atoms with van der Waals surface area (Å²) in [5.74, 6) is 0.790. The lowest BCUT2D eigenvalue weighted by atomic mass is 10.1. The van der Waals surface area contributed by atoms with Crippen LogP contribution in [0.4, 0.5) is 5.69 Å². The van der Waals surface area contributed by atoms with Gasteiger partial charge in [-0.3, -0.25) is 9.00 Å². The third-order valence-corrected chi connectivity index (χ3v) is 4.73. The molecule has 0 bridgehead atoms. The van der Waals surface area contributed by atoms with Crippen molar-refractivity contribution < 1.29 is 9.00 Å². The van der Waals surface area contributed by atoms with Crippen molar-refractivity contribution in [2.75, 3.05) is 11.1 Å². The molecule has 0 aliphatic rings. The van der Waals surface area contributed by atoms with E-state index in [9.17, 15) is 9.00 Å². The Balaban J connectivity index is 1.82. The first-order valence-electron chi connectivity index (χ1n) is 7.30. The summed E-state index contributed by atoms with van der Waals surface area (Å²) in [4.78, 5) is 11.8. The molecule has 0 fully saturated rings. The van der Waals surface area contributed by atoms with Gasteiger partial charge in [0.15, 0.2) is 0 Å². The van der Waals surface area contributed by atoms with E-state index in [0.29, 0.717) is 11.5 Å². The molecule has 0 heterocycles. The monoisotopic (exact) mass is 315 g/mol. The summed E-state index contributed by atoms with van der Waals surface area (Å²) < 4.78 is 12.2. The van der Waals surface area contributed by atoms with Crippen molar-refractivity contribution in [3.8, 4) is 0 Å². The number of aryl methyl sites for hydroxylation is 2. The number of carbonyl (C=O) groups excluding carboxylic acids is 1. The zero-order chi connectivity index (χ0) is 15.9. The van der Waals surface area contributed by atoms with E-state index >= 15 is 0 Å². The van der Waals surface area contributed by atoms with Gasteiger partial charge in [-0.05, 0) is 37.1 Å². The molecule has 4 heteroatoms. The number of rotatable bonds is 6. The molecule has 3 nitrogen and oxygen atoms in total. The number of hydrogen-bond acceptors (Lipinski definition) is 2. The summed E-state index contributed by atoms with van der Waals surface area (Å²) in [6, 6.07) is 15.5. The molecule has 2 aromatic carbocycles. The molecule has 1 N–H and O–H groups in total. The minimum atomic E-state index is -1.03. The predicted octanol–water partition coefficient (Wildman–Crippen LogP) is 3.58. The topological polar surface area (TPSA) is 46.2 Å². The first kappa shape index (κ1) is 16.4. The van der Waals surface area contributed by atoms with Gasteiger partial charge in [-0.25, -0.2) is 0 Å². The third kappa shape index (κ3) is 5.11. The molecule has 2 rings (SSSR count). The van der Waals surface area contributed by atoms with E-state index in [1.165, 1.54) is 5.56 Å². The van der Waals surface area contributed by atoms with Crippen LogP contribution in [0.25, 0.3) is 0 Å². The van der Waals surface area contributed by atoms with Gasteiger partial charge in [0.2, 0.25) is 5.91 Å². The highest BCUT2D eigenvalue weighted by molar-refractivity contribution is 7.84. The van der Waals surface area contributed by atoms with E-state index in [1.54, 1.807) is 0 Å². The maximum absolute atomic E-state index is 12.2. The Morgan fingerprint density at radius 2 is 1.82 bits per heavy atom. The molecule has 0 saturated heterocycles. The molecule has 0 unspecified atom stereocenters. The van der Waals surface area contributed by atoms with E-state index < -0.39 is 10.8 Å². The Morgan fingerprint density at radius 1 is 1.09 bits per heavy atom. The van der Waals surface area contributed by atoms with E-state index in [-0.39, 0.29) is 12.3 Å². The van der Waals surface area contributed by atoms with Crippen LogP contribution in [-0.4, -0.2) is 15.9 Å². The van der Waals surface area contributed by atoms with Crippen molar-refractivity contribution >= 4 is 22.4 Å². The Bertz CT molecular complexity index is 668. The van der Waals surface area contributed by atoms with Gasteiger partial charge >= 0.3 is 0 Å². The Kier molecular flexibility index (Phi) is 5.90. The van der Waals surface area contributed by atoms with Crippen LogP contribution in [0.3, 0.4) is 0 Å². The highest BCUT2D eigenvalue weighted by Crippen LogP contribution is 2.13. The van der Waals surface area contributed by atoms with Crippen molar-refractivity contribution in [1.82, 2.24) is 0 Å². The largest absolute Gasteiger partial charge is 0.326 e. The summed E-state index contributed by atoms with van der Waals surface area (Å²) in [5, 5.41) is 2.81. The van der Waals surface area contributed by atoms with Crippen LogP contribution in [0, 0.1) is 13.8 Å². The molecule has 1 amide bonds. The van der Waals surface area contributed by atoms with E-state index in [0.717, 1.165) is 16.8 Å². The summed E-state index contributed by atoms with van der Waals surface area (Å²) >= 11 is 0. The van der Waals surface area contributed by atoms with Crippen LogP contribution >= 0.6 is 0 Å². The Morgan fingerprint density at radius 3 is 2.55 bits per heavy atom. The van der Waals surface area contributed by atoms with Gasteiger partial charge in [0, 0.05) is 34.4 Å². The number of para-hydroxylation sites is 1. The van der Waals surface area contributed by atoms with Crippen molar-refractivity contribution in [2.45, 2.75) is 26.0 Å². The second kappa shape index (κ2) is 7.90. The summed E-state index contributed by atoms with van der Waals surface area (Å²) in [6.07, 6.45) is 0.270. The maximum Gasteiger partial charge on any atom is 0.225 e. The number of hydrogen-bond donors (Lipinski definition) is 1. The molecular formula is C18H21NO2S. The number of amides is 1. The van der Waals surface area contributed by atoms with Gasteiger partial charge < -0.3 is 5.32 Å². The molecule has 0 aromatic heterocycles. The predicted molar refractivity (Wildman–Crippen MR) is 92.3 cm³/mol. The van der Waals surface area contributed by atoms with Gasteiger partial charge in [0.05, 0.1) is 0 Å². The fourth-order valence-electron chi connectivity index (χ4n) is 2.15. The molecule has 0 radical (unpaired) electrons. The molecule has 22 heavy (non-hydrogen) atoms. The Labute approximate surface area is 134 Å². The van der Waals surface area contributed by atoms with E-state index in [1.807, 2.05) is 50.2 Å². The lowest BCUT2D eigenvalue weighted by Crippen LogP contribution is -2.15. The third-order valence-electron chi connectivity index (χ3n) is 3.44. The van der Waals surface area contributed by atoms with Crippen molar-refractivity contribution in [3.05, 3.63) is 65.2 Å². The number of carbonyl (C=O) groups is 1. The van der Waals surface area contributed by atoms with E-state index in [2.05, 4.69) is 17.4 Å². The average Bonchev–Trinajstić information content (AvgIpc) is 2.50. The zero-order valence-electron chi connectivity index (χ0n) is 13.0. The molecular weight excluding hydrogens is 294 g/mol. The molecule has 2 aromatic rings. The SMILES string of the molecule is Cc1ccc(C)c(C[S@@](=O)CCC(=O)Nc2ccccc2)c1. The summed E-state index contributed by atoms with van der Waals surface area (Å²) in [7, 11) is -1.03. The molecule has 0 saturated carbocycles. The van der Waals surface area contributed by atoms with Gasteiger partial charge in [0.1, 0.15) is 0 Å². The second-order valence-electron chi connectivity index (χ2n) is 5.38. The standard InChI is InChI=1S/C18H21NO2S/c1-14-8-9-15(2)16(12-14)13-22(21)11-10-18(20)19-17-6-4-3-5-7-17/h3-9,12H,10-11,13H2,1-2H3,(H,19,20)/t22-/m0/s1. The second-order valence-corrected chi connectivity index (χ2v) is 6.96. The Hall–Kier alpha value is -1.94. The van der Waals surface area contributed by atoms with Gasteiger partial charge in [-0.1, -0.05) is 42.0 Å². The molecule has 1 atom stereocenters. The van der Waals surface area contributed by atoms with Crippen molar-refractivity contribution in [2.24, 2.45) is 0 Å². The summed E-state index contributed by atoms with van der Waals surface area (Å²) in [5.41, 5.74) is 4.18. The average molecular weight is 315 g/mol. The van der Waals surface area contributed by atoms with Crippen LogP contribution in [0.1, 0.15) is 23.1 Å². The van der Waals surface area contributed by atoms with Crippen LogP contribution in [-0.2, 0) is 21.3 Å². The van der Waals surface area contributed by atoms with E-state index in [4.69, 9.17) is 0 Å². The lowest BCUT2D eigenvalue weighted by molar-refractivity contribution is -0.115. The maximum atomic E-state index is 12.2. The first-order chi connectivity index (χ1) is 10.5. The normalized spacial score (nSPS) is 11.9. The molecule has 0 spiro atoms. The number of anilines is 1. The van der Waals surface area contributed by atoms with Crippen molar-refractivity contribution in [3.63, 3.8) is 0 Å². The van der Waals surface area contributed by atoms with Gasteiger partial charge in [-0.15, -0.1) is 0 Å². The highest BCUT2D eigenvalue weighted by atomic mass is 32.2. The summed E-state index contributed by atoms with van der Waals surface area (Å²) in [6.45, 7) is 4.05. The number of benzene rings is 2.